The highest BCUT2D eigenvalue weighted by Gasteiger charge is 2.62. The van der Waals surface area contributed by atoms with Crippen LogP contribution in [0.4, 0.5) is 17.6 Å². The van der Waals surface area contributed by atoms with Crippen molar-refractivity contribution in [1.29, 1.82) is 0 Å². The average Bonchev–Trinajstić information content (AvgIpc) is 3.41. The minimum absolute atomic E-state index is 0.0271. The van der Waals surface area contributed by atoms with Crippen molar-refractivity contribution in [3.8, 4) is 5.75 Å². The van der Waals surface area contributed by atoms with Crippen molar-refractivity contribution >= 4 is 23.5 Å². The topological polar surface area (TPSA) is 82.1 Å². The first-order valence-electron chi connectivity index (χ1n) is 12.9. The molecule has 0 spiro atoms. The molecule has 39 heavy (non-hydrogen) atoms. The number of rotatable bonds is 8. The SMILES string of the molecule is CC(C)(Oc1ccc(Cl)cc1C(F)F)C(=O)N[C@H]1C[C@H]2CC[C@@H](C1)N2C1=CC=C(C(=O)O)CN1C1CC1(F)F. The lowest BCUT2D eigenvalue weighted by molar-refractivity contribution is -0.135. The molecule has 0 radical (unpaired) electrons. The van der Waals surface area contributed by atoms with Crippen LogP contribution in [-0.2, 0) is 9.59 Å². The monoisotopic (exact) mass is 571 g/mol. The third-order valence-corrected chi connectivity index (χ3v) is 8.20. The van der Waals surface area contributed by atoms with Gasteiger partial charge in [0.2, 0.25) is 0 Å². The Balaban J connectivity index is 1.28. The lowest BCUT2D eigenvalue weighted by Gasteiger charge is -2.46. The van der Waals surface area contributed by atoms with E-state index in [1.165, 1.54) is 37.0 Å². The molecule has 1 aliphatic carbocycles. The number of halogens is 5. The largest absolute Gasteiger partial charge is 0.478 e. The molecule has 4 atom stereocenters. The predicted octanol–water partition coefficient (Wildman–Crippen LogP) is 5.12. The van der Waals surface area contributed by atoms with Crippen LogP contribution in [0.3, 0.4) is 0 Å². The molecule has 7 nitrogen and oxygen atoms in total. The van der Waals surface area contributed by atoms with Gasteiger partial charge < -0.3 is 25.0 Å². The van der Waals surface area contributed by atoms with Gasteiger partial charge in [0, 0.05) is 29.6 Å². The van der Waals surface area contributed by atoms with Crippen molar-refractivity contribution in [2.24, 2.45) is 0 Å². The van der Waals surface area contributed by atoms with E-state index in [1.54, 1.807) is 6.08 Å². The van der Waals surface area contributed by atoms with Crippen molar-refractivity contribution in [2.75, 3.05) is 6.54 Å². The third-order valence-electron chi connectivity index (χ3n) is 7.96. The number of hydrogen-bond acceptors (Lipinski definition) is 5. The summed E-state index contributed by atoms with van der Waals surface area (Å²) in [7, 11) is 0. The second-order valence-electron chi connectivity index (χ2n) is 11.2. The fraction of sp³-hybridized carbons (Fsp3) is 0.556. The van der Waals surface area contributed by atoms with E-state index in [0.29, 0.717) is 18.7 Å². The van der Waals surface area contributed by atoms with Gasteiger partial charge in [-0.25, -0.2) is 22.4 Å². The zero-order valence-electron chi connectivity index (χ0n) is 21.5. The molecule has 2 bridgehead atoms. The van der Waals surface area contributed by atoms with Crippen LogP contribution in [0.1, 0.15) is 57.9 Å². The number of ether oxygens (including phenoxy) is 1. The first kappa shape index (κ1) is 27.6. The van der Waals surface area contributed by atoms with Gasteiger partial charge in [0.15, 0.2) is 5.60 Å². The number of amides is 1. The summed E-state index contributed by atoms with van der Waals surface area (Å²) in [4.78, 5) is 28.3. The fourth-order valence-corrected chi connectivity index (χ4v) is 6.08. The van der Waals surface area contributed by atoms with Crippen LogP contribution in [0.2, 0.25) is 5.02 Å². The van der Waals surface area contributed by atoms with E-state index < -0.39 is 41.4 Å². The molecule has 0 aromatic heterocycles. The molecular weight excluding hydrogens is 542 g/mol. The summed E-state index contributed by atoms with van der Waals surface area (Å²) >= 11 is 5.84. The number of fused-ring (bicyclic) bond motifs is 2. The average molecular weight is 572 g/mol. The van der Waals surface area contributed by atoms with Crippen LogP contribution >= 0.6 is 11.6 Å². The van der Waals surface area contributed by atoms with E-state index in [4.69, 9.17) is 16.3 Å². The Morgan fingerprint density at radius 3 is 2.38 bits per heavy atom. The smallest absolute Gasteiger partial charge is 0.333 e. The Hall–Kier alpha value is -2.95. The first-order valence-corrected chi connectivity index (χ1v) is 13.3. The Labute approximate surface area is 228 Å². The number of carbonyl (C=O) groups is 2. The normalized spacial score (nSPS) is 27.7. The predicted molar refractivity (Wildman–Crippen MR) is 135 cm³/mol. The van der Waals surface area contributed by atoms with Crippen LogP contribution in [0, 0.1) is 0 Å². The number of nitrogens with zero attached hydrogens (tertiary/aromatic N) is 2. The van der Waals surface area contributed by atoms with Gasteiger partial charge in [-0.15, -0.1) is 0 Å². The van der Waals surface area contributed by atoms with Gasteiger partial charge in [-0.1, -0.05) is 11.6 Å². The molecule has 1 aromatic carbocycles. The number of allylic oxidation sites excluding steroid dienone is 2. The fourth-order valence-electron chi connectivity index (χ4n) is 5.90. The van der Waals surface area contributed by atoms with Gasteiger partial charge in [0.1, 0.15) is 17.6 Å². The number of benzene rings is 1. The number of hydrogen-bond donors (Lipinski definition) is 2. The molecule has 1 unspecified atom stereocenters. The van der Waals surface area contributed by atoms with Gasteiger partial charge in [0.25, 0.3) is 18.3 Å². The molecule has 4 aliphatic rings. The molecular formula is C27H30ClF4N3O4. The number of aliphatic carboxylic acids is 1. The molecule has 3 fully saturated rings. The van der Waals surface area contributed by atoms with Crippen LogP contribution in [0.15, 0.2) is 41.7 Å². The van der Waals surface area contributed by atoms with Crippen molar-refractivity contribution in [3.05, 3.63) is 52.3 Å². The lowest BCUT2D eigenvalue weighted by atomic mass is 9.95. The second kappa shape index (κ2) is 9.91. The molecule has 1 aromatic rings. The number of carboxylic acid groups (broad SMARTS) is 1. The molecule has 2 saturated heterocycles. The maximum absolute atomic E-state index is 14.1. The van der Waals surface area contributed by atoms with Crippen molar-refractivity contribution in [1.82, 2.24) is 15.1 Å². The van der Waals surface area contributed by atoms with E-state index in [2.05, 4.69) is 10.2 Å². The van der Waals surface area contributed by atoms with Crippen molar-refractivity contribution in [2.45, 2.75) is 88.1 Å². The van der Waals surface area contributed by atoms with E-state index >= 15 is 0 Å². The standard InChI is InChI=1S/C27H30ClF4N3O4/c1-26(2,39-20-7-4-15(28)9-19(20)23(29)30)25(38)33-16-10-17-5-6-18(11-16)35(17)22-8-3-14(24(36)37)13-34(22)21-12-27(21,31)32/h3-4,7-9,16-18,21,23H,5-6,10-13H2,1-2H3,(H,33,38)(H,36,37)/t16-,17+,18-,21?. The van der Waals surface area contributed by atoms with Gasteiger partial charge in [-0.3, -0.25) is 4.79 Å². The van der Waals surface area contributed by atoms with Gasteiger partial charge >= 0.3 is 5.97 Å². The minimum Gasteiger partial charge on any atom is -0.478 e. The van der Waals surface area contributed by atoms with E-state index in [9.17, 15) is 32.3 Å². The van der Waals surface area contributed by atoms with Gasteiger partial charge in [0.05, 0.1) is 17.7 Å². The van der Waals surface area contributed by atoms with Gasteiger partial charge in [-0.05, 0) is 69.9 Å². The Morgan fingerprint density at radius 2 is 1.82 bits per heavy atom. The Morgan fingerprint density at radius 1 is 1.18 bits per heavy atom. The minimum atomic E-state index is -2.86. The van der Waals surface area contributed by atoms with Gasteiger partial charge in [-0.2, -0.15) is 0 Å². The molecule has 3 aliphatic heterocycles. The summed E-state index contributed by atoms with van der Waals surface area (Å²) in [6.45, 7) is 2.92. The third kappa shape index (κ3) is 5.42. The van der Waals surface area contributed by atoms with Crippen molar-refractivity contribution < 1.29 is 37.0 Å². The van der Waals surface area contributed by atoms with Crippen LogP contribution in [0.25, 0.3) is 0 Å². The highest BCUT2D eigenvalue weighted by atomic mass is 35.5. The molecule has 5 rings (SSSR count). The van der Waals surface area contributed by atoms with Crippen LogP contribution in [0.5, 0.6) is 5.75 Å². The first-order chi connectivity index (χ1) is 18.3. The number of carboxylic acids is 1. The summed E-state index contributed by atoms with van der Waals surface area (Å²) in [6, 6.07) is 2.53. The maximum atomic E-state index is 14.1. The summed E-state index contributed by atoms with van der Waals surface area (Å²) < 4.78 is 60.8. The number of nitrogens with one attached hydrogen (secondary N) is 1. The number of alkyl halides is 4. The number of piperidine rings is 1. The van der Waals surface area contributed by atoms with E-state index in [1.807, 2.05) is 0 Å². The highest BCUT2D eigenvalue weighted by molar-refractivity contribution is 6.30. The van der Waals surface area contributed by atoms with Crippen LogP contribution in [-0.4, -0.2) is 69.0 Å². The maximum Gasteiger partial charge on any atom is 0.333 e. The summed E-state index contributed by atoms with van der Waals surface area (Å²) in [6.07, 6.45) is 2.69. The highest BCUT2D eigenvalue weighted by Crippen LogP contribution is 2.50. The van der Waals surface area contributed by atoms with E-state index in [0.717, 1.165) is 18.9 Å². The number of carbonyl (C=O) groups excluding carboxylic acids is 1. The second-order valence-corrected chi connectivity index (χ2v) is 11.6. The van der Waals surface area contributed by atoms with E-state index in [-0.39, 0.29) is 47.4 Å². The quantitative estimate of drug-likeness (QED) is 0.422. The molecule has 3 heterocycles. The van der Waals surface area contributed by atoms with Crippen molar-refractivity contribution in [3.63, 3.8) is 0 Å². The molecule has 12 heteroatoms. The molecule has 2 N–H and O–H groups in total. The molecule has 1 amide bonds. The van der Waals surface area contributed by atoms with Crippen LogP contribution < -0.4 is 10.1 Å². The Kier molecular flexibility index (Phi) is 7.01. The molecule has 212 valence electrons. The zero-order valence-corrected chi connectivity index (χ0v) is 22.2. The molecule has 1 saturated carbocycles. The summed E-state index contributed by atoms with van der Waals surface area (Å²) in [5, 5.41) is 12.5. The lowest BCUT2D eigenvalue weighted by Crippen LogP contribution is -2.56. The summed E-state index contributed by atoms with van der Waals surface area (Å²) in [5.41, 5.74) is -1.79. The Bertz CT molecular complexity index is 1220. The zero-order chi connectivity index (χ0) is 28.3. The summed E-state index contributed by atoms with van der Waals surface area (Å²) in [5.74, 6) is -3.97.